The van der Waals surface area contributed by atoms with Gasteiger partial charge in [0.15, 0.2) is 0 Å². The number of rotatable bonds is 6. The summed E-state index contributed by atoms with van der Waals surface area (Å²) in [5, 5.41) is 7.85. The first-order valence-corrected chi connectivity index (χ1v) is 7.46. The van der Waals surface area contributed by atoms with E-state index >= 15 is 0 Å². The average Bonchev–Trinajstić information content (AvgIpc) is 2.90. The van der Waals surface area contributed by atoms with E-state index in [9.17, 15) is 0 Å². The highest BCUT2D eigenvalue weighted by Crippen LogP contribution is 2.30. The van der Waals surface area contributed by atoms with E-state index < -0.39 is 0 Å². The largest absolute Gasteiger partial charge is 0.305 e. The highest BCUT2D eigenvalue weighted by molar-refractivity contribution is 7.05. The Morgan fingerprint density at radius 1 is 1.37 bits per heavy atom. The molecule has 0 aliphatic heterocycles. The van der Waals surface area contributed by atoms with Gasteiger partial charge in [0, 0.05) is 12.4 Å². The molecule has 0 saturated heterocycles. The fourth-order valence-corrected chi connectivity index (χ4v) is 2.91. The molecule has 0 aliphatic rings. The molecule has 0 aromatic carbocycles. The van der Waals surface area contributed by atoms with Gasteiger partial charge in [-0.3, -0.25) is 4.98 Å². The summed E-state index contributed by atoms with van der Waals surface area (Å²) in [6, 6.07) is 4.22. The summed E-state index contributed by atoms with van der Waals surface area (Å²) in [5.41, 5.74) is 2.26. The minimum absolute atomic E-state index is 0.144. The fraction of sp³-hybridized carbons (Fsp3) is 0.500. The van der Waals surface area contributed by atoms with Gasteiger partial charge in [-0.25, -0.2) is 0 Å². The van der Waals surface area contributed by atoms with Crippen LogP contribution in [-0.4, -0.2) is 21.1 Å². The molecule has 2 heterocycles. The molecule has 2 aromatic heterocycles. The van der Waals surface area contributed by atoms with Crippen LogP contribution in [0, 0.1) is 0 Å². The van der Waals surface area contributed by atoms with Crippen LogP contribution in [0.4, 0.5) is 0 Å². The van der Waals surface area contributed by atoms with Gasteiger partial charge in [0.05, 0.1) is 16.6 Å². The van der Waals surface area contributed by atoms with Crippen molar-refractivity contribution >= 4 is 11.5 Å². The minimum Gasteiger partial charge on any atom is -0.305 e. The summed E-state index contributed by atoms with van der Waals surface area (Å²) < 4.78 is 4.13. The summed E-state index contributed by atoms with van der Waals surface area (Å²) in [5.74, 6) is 0.386. The second-order valence-corrected chi connectivity index (χ2v) is 5.64. The first-order chi connectivity index (χ1) is 9.24. The van der Waals surface area contributed by atoms with Crippen molar-refractivity contribution in [1.82, 2.24) is 19.9 Å². The number of nitrogens with one attached hydrogen (secondary N) is 1. The van der Waals surface area contributed by atoms with Crippen molar-refractivity contribution < 1.29 is 0 Å². The SMILES string of the molecule is CCCNC(c1cccnc1)c1snnc1C(C)C. The van der Waals surface area contributed by atoms with Crippen molar-refractivity contribution in [2.45, 2.75) is 39.2 Å². The zero-order chi connectivity index (χ0) is 13.7. The van der Waals surface area contributed by atoms with Gasteiger partial charge in [-0.15, -0.1) is 5.10 Å². The normalized spacial score (nSPS) is 12.8. The van der Waals surface area contributed by atoms with Crippen LogP contribution in [0.1, 0.15) is 55.3 Å². The standard InChI is InChI=1S/C14H20N4S/c1-4-7-16-13(11-6-5-8-15-9-11)14-12(10(2)3)17-18-19-14/h5-6,8-10,13,16H,4,7H2,1-3H3. The molecule has 5 heteroatoms. The van der Waals surface area contributed by atoms with Crippen LogP contribution >= 0.6 is 11.5 Å². The molecule has 0 saturated carbocycles. The second kappa shape index (κ2) is 6.73. The third kappa shape index (κ3) is 3.36. The summed E-state index contributed by atoms with van der Waals surface area (Å²) in [4.78, 5) is 5.43. The molecular weight excluding hydrogens is 256 g/mol. The van der Waals surface area contributed by atoms with Crippen LogP contribution in [0.15, 0.2) is 24.5 Å². The average molecular weight is 276 g/mol. The van der Waals surface area contributed by atoms with Crippen LogP contribution in [0.5, 0.6) is 0 Å². The number of hydrogen-bond acceptors (Lipinski definition) is 5. The number of pyridine rings is 1. The van der Waals surface area contributed by atoms with E-state index in [1.807, 2.05) is 12.3 Å². The van der Waals surface area contributed by atoms with E-state index in [2.05, 4.69) is 46.7 Å². The Labute approximate surface area is 118 Å². The summed E-state index contributed by atoms with van der Waals surface area (Å²) >= 11 is 1.48. The van der Waals surface area contributed by atoms with E-state index in [1.54, 1.807) is 6.20 Å². The highest BCUT2D eigenvalue weighted by Gasteiger charge is 2.22. The Hall–Kier alpha value is -1.33. The van der Waals surface area contributed by atoms with Crippen molar-refractivity contribution in [1.29, 1.82) is 0 Å². The Balaban J connectivity index is 2.34. The van der Waals surface area contributed by atoms with Crippen LogP contribution in [0.25, 0.3) is 0 Å². The second-order valence-electron chi connectivity index (χ2n) is 4.85. The number of aromatic nitrogens is 3. The number of nitrogens with zero attached hydrogens (tertiary/aromatic N) is 3. The maximum atomic E-state index is 4.28. The van der Waals surface area contributed by atoms with Gasteiger partial charge in [-0.1, -0.05) is 31.3 Å². The lowest BCUT2D eigenvalue weighted by Gasteiger charge is -2.18. The summed E-state index contributed by atoms with van der Waals surface area (Å²) in [6.07, 6.45) is 4.81. The molecule has 0 amide bonds. The van der Waals surface area contributed by atoms with E-state index in [0.29, 0.717) is 5.92 Å². The molecule has 2 aromatic rings. The van der Waals surface area contributed by atoms with Crippen LogP contribution in [0.2, 0.25) is 0 Å². The lowest BCUT2D eigenvalue weighted by Crippen LogP contribution is -2.23. The summed E-state index contributed by atoms with van der Waals surface area (Å²) in [6.45, 7) is 7.44. The van der Waals surface area contributed by atoms with Gasteiger partial charge in [0.2, 0.25) is 0 Å². The van der Waals surface area contributed by atoms with E-state index in [4.69, 9.17) is 0 Å². The van der Waals surface area contributed by atoms with E-state index in [1.165, 1.54) is 22.0 Å². The maximum Gasteiger partial charge on any atom is 0.0832 e. The molecule has 1 N–H and O–H groups in total. The molecule has 1 unspecified atom stereocenters. The monoisotopic (exact) mass is 276 g/mol. The highest BCUT2D eigenvalue weighted by atomic mass is 32.1. The van der Waals surface area contributed by atoms with Crippen molar-refractivity contribution in [3.05, 3.63) is 40.7 Å². The molecule has 0 spiro atoms. The number of hydrogen-bond donors (Lipinski definition) is 1. The predicted molar refractivity (Wildman–Crippen MR) is 78.4 cm³/mol. The molecule has 0 bridgehead atoms. The van der Waals surface area contributed by atoms with Gasteiger partial charge in [-0.05, 0) is 42.0 Å². The molecule has 0 radical (unpaired) electrons. The first-order valence-electron chi connectivity index (χ1n) is 6.69. The van der Waals surface area contributed by atoms with Crippen molar-refractivity contribution in [2.24, 2.45) is 0 Å². The molecule has 0 fully saturated rings. The molecule has 19 heavy (non-hydrogen) atoms. The lowest BCUT2D eigenvalue weighted by molar-refractivity contribution is 0.595. The van der Waals surface area contributed by atoms with Gasteiger partial charge >= 0.3 is 0 Å². The topological polar surface area (TPSA) is 50.7 Å². The Bertz CT molecular complexity index is 495. The van der Waals surface area contributed by atoms with Crippen molar-refractivity contribution in [3.8, 4) is 0 Å². The fourth-order valence-electron chi connectivity index (χ4n) is 2.00. The van der Waals surface area contributed by atoms with E-state index in [0.717, 1.165) is 18.7 Å². The Morgan fingerprint density at radius 2 is 2.21 bits per heavy atom. The minimum atomic E-state index is 0.144. The zero-order valence-electron chi connectivity index (χ0n) is 11.6. The van der Waals surface area contributed by atoms with Gasteiger partial charge in [0.1, 0.15) is 0 Å². The molecular formula is C14H20N4S. The van der Waals surface area contributed by atoms with E-state index in [-0.39, 0.29) is 6.04 Å². The van der Waals surface area contributed by atoms with Gasteiger partial charge in [0.25, 0.3) is 0 Å². The summed E-state index contributed by atoms with van der Waals surface area (Å²) in [7, 11) is 0. The first kappa shape index (κ1) is 14.1. The smallest absolute Gasteiger partial charge is 0.0832 e. The van der Waals surface area contributed by atoms with Crippen LogP contribution in [0.3, 0.4) is 0 Å². The zero-order valence-corrected chi connectivity index (χ0v) is 12.4. The van der Waals surface area contributed by atoms with Gasteiger partial charge in [-0.2, -0.15) is 0 Å². The Morgan fingerprint density at radius 3 is 2.84 bits per heavy atom. The third-order valence-electron chi connectivity index (χ3n) is 2.97. The third-order valence-corrected chi connectivity index (χ3v) is 3.77. The quantitative estimate of drug-likeness (QED) is 0.880. The Kier molecular flexibility index (Phi) is 4.99. The van der Waals surface area contributed by atoms with Crippen LogP contribution < -0.4 is 5.32 Å². The predicted octanol–water partition coefficient (Wildman–Crippen LogP) is 3.15. The lowest BCUT2D eigenvalue weighted by atomic mass is 10.0. The molecule has 0 aliphatic carbocycles. The molecule has 102 valence electrons. The van der Waals surface area contributed by atoms with Crippen molar-refractivity contribution in [3.63, 3.8) is 0 Å². The molecule has 1 atom stereocenters. The molecule has 2 rings (SSSR count). The van der Waals surface area contributed by atoms with Crippen LogP contribution in [-0.2, 0) is 0 Å². The molecule has 4 nitrogen and oxygen atoms in total. The maximum absolute atomic E-state index is 4.28. The van der Waals surface area contributed by atoms with Gasteiger partial charge < -0.3 is 5.32 Å². The van der Waals surface area contributed by atoms with Crippen molar-refractivity contribution in [2.75, 3.05) is 6.54 Å².